The van der Waals surface area contributed by atoms with Crippen LogP contribution in [0.1, 0.15) is 36.6 Å². The molecule has 0 saturated carbocycles. The Kier molecular flexibility index (Phi) is 8.81. The van der Waals surface area contributed by atoms with Gasteiger partial charge < -0.3 is 10.2 Å². The summed E-state index contributed by atoms with van der Waals surface area (Å²) in [6, 6.07) is 22.1. The lowest BCUT2D eigenvalue weighted by molar-refractivity contribution is -0.141. The van der Waals surface area contributed by atoms with Gasteiger partial charge in [-0.15, -0.1) is 0 Å². The fourth-order valence-electron chi connectivity index (χ4n) is 3.50. The molecular weight excluding hydrogens is 422 g/mol. The maximum Gasteiger partial charge on any atom is 0.243 e. The lowest BCUT2D eigenvalue weighted by Crippen LogP contribution is -2.50. The molecule has 166 valence electrons. The molecule has 3 rings (SSSR count). The van der Waals surface area contributed by atoms with Crippen molar-refractivity contribution in [1.29, 1.82) is 0 Å². The number of hydrogen-bond donors (Lipinski definition) is 1. The average Bonchev–Trinajstić information content (AvgIpc) is 2.82. The van der Waals surface area contributed by atoms with Crippen LogP contribution in [0.5, 0.6) is 0 Å². The molecular formula is C26H28ClN3O2. The Hall–Kier alpha value is -3.18. The van der Waals surface area contributed by atoms with Crippen molar-refractivity contribution in [3.8, 4) is 0 Å². The first-order valence-corrected chi connectivity index (χ1v) is 11.2. The first kappa shape index (κ1) is 23.5. The van der Waals surface area contributed by atoms with Gasteiger partial charge >= 0.3 is 0 Å². The van der Waals surface area contributed by atoms with Crippen molar-refractivity contribution in [1.82, 2.24) is 15.2 Å². The summed E-state index contributed by atoms with van der Waals surface area (Å²) in [5, 5.41) is 3.61. The Bertz CT molecular complexity index is 995. The molecule has 1 aromatic heterocycles. The van der Waals surface area contributed by atoms with Crippen LogP contribution < -0.4 is 5.32 Å². The predicted molar refractivity (Wildman–Crippen MR) is 127 cm³/mol. The zero-order chi connectivity index (χ0) is 22.8. The standard InChI is InChI=1S/C26H28ClN3O2/c1-2-8-25(31)30(19-21-12-14-22(27)15-13-21)24(17-20-9-4-3-5-10-20)26(32)29-18-23-11-6-7-16-28-23/h3-7,9-16,24H,2,8,17-19H2,1H3,(H,29,32)/t24-/m1/s1. The number of rotatable bonds is 10. The highest BCUT2D eigenvalue weighted by atomic mass is 35.5. The molecule has 0 aliphatic carbocycles. The number of aromatic nitrogens is 1. The number of nitrogens with one attached hydrogen (secondary N) is 1. The Morgan fingerprint density at radius 1 is 0.969 bits per heavy atom. The lowest BCUT2D eigenvalue weighted by Gasteiger charge is -2.31. The number of nitrogens with zero attached hydrogens (tertiary/aromatic N) is 2. The fourth-order valence-corrected chi connectivity index (χ4v) is 3.62. The van der Waals surface area contributed by atoms with E-state index in [1.165, 1.54) is 0 Å². The van der Waals surface area contributed by atoms with Crippen LogP contribution in [-0.4, -0.2) is 27.7 Å². The molecule has 0 unspecified atom stereocenters. The van der Waals surface area contributed by atoms with E-state index in [4.69, 9.17) is 11.6 Å². The summed E-state index contributed by atoms with van der Waals surface area (Å²) in [6.45, 7) is 2.61. The van der Waals surface area contributed by atoms with Crippen LogP contribution in [-0.2, 0) is 29.1 Å². The van der Waals surface area contributed by atoms with Crippen LogP contribution in [0.25, 0.3) is 0 Å². The molecule has 2 amide bonds. The summed E-state index contributed by atoms with van der Waals surface area (Å²) in [6.07, 6.45) is 3.22. The fraction of sp³-hybridized carbons (Fsp3) is 0.269. The summed E-state index contributed by atoms with van der Waals surface area (Å²) in [7, 11) is 0. The first-order valence-electron chi connectivity index (χ1n) is 10.8. The van der Waals surface area contributed by atoms with E-state index in [0.29, 0.717) is 37.4 Å². The molecule has 6 heteroatoms. The van der Waals surface area contributed by atoms with Gasteiger partial charge in [0.15, 0.2) is 0 Å². The summed E-state index contributed by atoms with van der Waals surface area (Å²) in [5.74, 6) is -0.241. The van der Waals surface area contributed by atoms with E-state index in [-0.39, 0.29) is 11.8 Å². The summed E-state index contributed by atoms with van der Waals surface area (Å²) < 4.78 is 0. The van der Waals surface area contributed by atoms with Crippen molar-refractivity contribution >= 4 is 23.4 Å². The number of pyridine rings is 1. The second-order valence-corrected chi connectivity index (χ2v) is 8.08. The molecule has 0 saturated heterocycles. The normalized spacial score (nSPS) is 11.6. The van der Waals surface area contributed by atoms with Crippen molar-refractivity contribution in [3.05, 3.63) is 101 Å². The van der Waals surface area contributed by atoms with Gasteiger partial charge in [0.2, 0.25) is 11.8 Å². The lowest BCUT2D eigenvalue weighted by atomic mass is 10.0. The molecule has 1 N–H and O–H groups in total. The van der Waals surface area contributed by atoms with Crippen LogP contribution >= 0.6 is 11.6 Å². The van der Waals surface area contributed by atoms with Crippen molar-refractivity contribution in [2.75, 3.05) is 0 Å². The molecule has 5 nitrogen and oxygen atoms in total. The topological polar surface area (TPSA) is 62.3 Å². The van der Waals surface area contributed by atoms with E-state index in [1.54, 1.807) is 23.2 Å². The van der Waals surface area contributed by atoms with Gasteiger partial charge in [-0.05, 0) is 41.8 Å². The summed E-state index contributed by atoms with van der Waals surface area (Å²) in [4.78, 5) is 32.5. The molecule has 0 aliphatic rings. The van der Waals surface area contributed by atoms with Gasteiger partial charge in [-0.3, -0.25) is 14.6 Å². The van der Waals surface area contributed by atoms with E-state index in [2.05, 4.69) is 10.3 Å². The van der Waals surface area contributed by atoms with E-state index < -0.39 is 6.04 Å². The van der Waals surface area contributed by atoms with Crippen molar-refractivity contribution < 1.29 is 9.59 Å². The number of carbonyl (C=O) groups is 2. The number of amides is 2. The molecule has 0 aliphatic heterocycles. The number of benzene rings is 2. The number of halogens is 1. The molecule has 3 aromatic rings. The highest BCUT2D eigenvalue weighted by Gasteiger charge is 2.29. The second kappa shape index (κ2) is 12.0. The molecule has 0 spiro atoms. The number of hydrogen-bond acceptors (Lipinski definition) is 3. The van der Waals surface area contributed by atoms with Gasteiger partial charge in [0.1, 0.15) is 6.04 Å². The third kappa shape index (κ3) is 6.92. The molecule has 2 aromatic carbocycles. The zero-order valence-electron chi connectivity index (χ0n) is 18.2. The molecule has 0 fully saturated rings. The third-order valence-electron chi connectivity index (χ3n) is 5.17. The Morgan fingerprint density at radius 2 is 1.69 bits per heavy atom. The van der Waals surface area contributed by atoms with Gasteiger partial charge in [0, 0.05) is 30.6 Å². The van der Waals surface area contributed by atoms with E-state index in [0.717, 1.165) is 16.8 Å². The van der Waals surface area contributed by atoms with Gasteiger partial charge in [0.25, 0.3) is 0 Å². The quantitative estimate of drug-likeness (QED) is 0.484. The van der Waals surface area contributed by atoms with Crippen LogP contribution in [0.2, 0.25) is 5.02 Å². The zero-order valence-corrected chi connectivity index (χ0v) is 19.0. The summed E-state index contributed by atoms with van der Waals surface area (Å²) >= 11 is 6.03. The Labute approximate surface area is 194 Å². The average molecular weight is 450 g/mol. The van der Waals surface area contributed by atoms with E-state index in [9.17, 15) is 9.59 Å². The molecule has 0 radical (unpaired) electrons. The van der Waals surface area contributed by atoms with Gasteiger partial charge in [-0.25, -0.2) is 0 Å². The molecule has 1 heterocycles. The van der Waals surface area contributed by atoms with Crippen LogP contribution in [0.4, 0.5) is 0 Å². The van der Waals surface area contributed by atoms with Crippen LogP contribution in [0.3, 0.4) is 0 Å². The van der Waals surface area contributed by atoms with Gasteiger partial charge in [-0.2, -0.15) is 0 Å². The highest BCUT2D eigenvalue weighted by molar-refractivity contribution is 6.30. The van der Waals surface area contributed by atoms with Gasteiger partial charge in [-0.1, -0.05) is 67.1 Å². The van der Waals surface area contributed by atoms with Crippen LogP contribution in [0, 0.1) is 0 Å². The SMILES string of the molecule is CCCC(=O)N(Cc1ccc(Cl)cc1)[C@H](Cc1ccccc1)C(=O)NCc1ccccn1. The Morgan fingerprint density at radius 3 is 2.34 bits per heavy atom. The Balaban J connectivity index is 1.87. The molecule has 1 atom stereocenters. The van der Waals surface area contributed by atoms with Crippen molar-refractivity contribution in [2.45, 2.75) is 45.3 Å². The second-order valence-electron chi connectivity index (χ2n) is 7.64. The van der Waals surface area contributed by atoms with E-state index >= 15 is 0 Å². The minimum Gasteiger partial charge on any atom is -0.349 e. The van der Waals surface area contributed by atoms with Gasteiger partial charge in [0.05, 0.1) is 12.2 Å². The highest BCUT2D eigenvalue weighted by Crippen LogP contribution is 2.18. The first-order chi connectivity index (χ1) is 15.6. The minimum absolute atomic E-state index is 0.0450. The predicted octanol–water partition coefficient (Wildman–Crippen LogP) is 4.79. The third-order valence-corrected chi connectivity index (χ3v) is 5.42. The largest absolute Gasteiger partial charge is 0.349 e. The minimum atomic E-state index is -0.643. The number of carbonyl (C=O) groups excluding carboxylic acids is 2. The van der Waals surface area contributed by atoms with E-state index in [1.807, 2.05) is 67.6 Å². The summed E-state index contributed by atoms with van der Waals surface area (Å²) in [5.41, 5.74) is 2.69. The molecule has 0 bridgehead atoms. The smallest absolute Gasteiger partial charge is 0.243 e. The maximum atomic E-state index is 13.4. The molecule has 32 heavy (non-hydrogen) atoms. The van der Waals surface area contributed by atoms with Crippen LogP contribution in [0.15, 0.2) is 79.0 Å². The maximum absolute atomic E-state index is 13.4. The van der Waals surface area contributed by atoms with Crippen molar-refractivity contribution in [2.24, 2.45) is 0 Å². The van der Waals surface area contributed by atoms with Crippen molar-refractivity contribution in [3.63, 3.8) is 0 Å². The monoisotopic (exact) mass is 449 g/mol.